The van der Waals surface area contributed by atoms with E-state index in [1.54, 1.807) is 7.11 Å². The highest BCUT2D eigenvalue weighted by Gasteiger charge is 2.27. The van der Waals surface area contributed by atoms with E-state index in [2.05, 4.69) is 21.9 Å². The standard InChI is InChI=1S/C23H29ClN4O2/c1-30-22-8-3-2-7-21(22)27-11-9-25(10-12-27)18-23(29)28-15-13-26(14-16-28)20-6-4-5-19(24)17-20/h2-8,17H,9-16,18H2,1H3/p+1. The number of piperazine rings is 2. The molecule has 0 bridgehead atoms. The maximum Gasteiger partial charge on any atom is 0.277 e. The van der Waals surface area contributed by atoms with E-state index >= 15 is 0 Å². The van der Waals surface area contributed by atoms with Crippen molar-refractivity contribution in [2.75, 3.05) is 75.8 Å². The first-order valence-electron chi connectivity index (χ1n) is 10.6. The fourth-order valence-corrected chi connectivity index (χ4v) is 4.53. The summed E-state index contributed by atoms with van der Waals surface area (Å²) in [6, 6.07) is 16.1. The van der Waals surface area contributed by atoms with Gasteiger partial charge in [0, 0.05) is 36.9 Å². The molecule has 7 heteroatoms. The van der Waals surface area contributed by atoms with E-state index in [1.165, 1.54) is 4.90 Å². The molecule has 2 aromatic carbocycles. The number of amides is 1. The van der Waals surface area contributed by atoms with Crippen LogP contribution in [0.3, 0.4) is 0 Å². The van der Waals surface area contributed by atoms with Crippen LogP contribution in [0.4, 0.5) is 11.4 Å². The van der Waals surface area contributed by atoms with Crippen LogP contribution in [0.15, 0.2) is 48.5 Å². The van der Waals surface area contributed by atoms with E-state index in [0.29, 0.717) is 6.54 Å². The number of carbonyl (C=O) groups excluding carboxylic acids is 1. The number of nitrogens with zero attached hydrogens (tertiary/aromatic N) is 3. The summed E-state index contributed by atoms with van der Waals surface area (Å²) in [5.41, 5.74) is 2.27. The normalized spacial score (nSPS) is 17.9. The number of benzene rings is 2. The van der Waals surface area contributed by atoms with E-state index < -0.39 is 0 Å². The molecule has 1 amide bonds. The molecule has 1 N–H and O–H groups in total. The van der Waals surface area contributed by atoms with Crippen molar-refractivity contribution >= 4 is 28.9 Å². The molecule has 2 aliphatic rings. The first kappa shape index (κ1) is 20.8. The van der Waals surface area contributed by atoms with Crippen molar-refractivity contribution in [2.45, 2.75) is 0 Å². The van der Waals surface area contributed by atoms with Gasteiger partial charge >= 0.3 is 0 Å². The number of ether oxygens (including phenoxy) is 1. The third-order valence-corrected chi connectivity index (χ3v) is 6.34. The number of para-hydroxylation sites is 2. The molecule has 0 radical (unpaired) electrons. The fraction of sp³-hybridized carbons (Fsp3) is 0.435. The van der Waals surface area contributed by atoms with Gasteiger partial charge in [0.25, 0.3) is 5.91 Å². The second kappa shape index (κ2) is 9.58. The van der Waals surface area contributed by atoms with Crippen molar-refractivity contribution in [3.8, 4) is 5.75 Å². The summed E-state index contributed by atoms with van der Waals surface area (Å²) in [6.45, 7) is 7.62. The van der Waals surface area contributed by atoms with E-state index in [4.69, 9.17) is 16.3 Å². The molecule has 0 saturated carbocycles. The van der Waals surface area contributed by atoms with Crippen LogP contribution in [0.2, 0.25) is 5.02 Å². The Hall–Kier alpha value is -2.44. The van der Waals surface area contributed by atoms with Crippen molar-refractivity contribution in [2.24, 2.45) is 0 Å². The Kier molecular flexibility index (Phi) is 6.65. The van der Waals surface area contributed by atoms with Gasteiger partial charge in [-0.15, -0.1) is 0 Å². The highest BCUT2D eigenvalue weighted by molar-refractivity contribution is 6.30. The Morgan fingerprint density at radius 1 is 0.967 bits per heavy atom. The molecule has 6 nitrogen and oxygen atoms in total. The SMILES string of the molecule is COc1ccccc1N1CC[NH+](CC(=O)N2CCN(c3cccc(Cl)c3)CC2)CC1. The topological polar surface area (TPSA) is 40.5 Å². The lowest BCUT2D eigenvalue weighted by Crippen LogP contribution is -3.16. The zero-order valence-corrected chi connectivity index (χ0v) is 18.3. The number of halogens is 1. The lowest BCUT2D eigenvalue weighted by molar-refractivity contribution is -0.892. The summed E-state index contributed by atoms with van der Waals surface area (Å²) in [6.07, 6.45) is 0. The van der Waals surface area contributed by atoms with Gasteiger partial charge in [-0.05, 0) is 30.3 Å². The maximum atomic E-state index is 12.8. The molecule has 0 aliphatic carbocycles. The first-order chi connectivity index (χ1) is 14.6. The molecule has 0 unspecified atom stereocenters. The van der Waals surface area contributed by atoms with Gasteiger partial charge in [-0.2, -0.15) is 0 Å². The Balaban J connectivity index is 1.25. The summed E-state index contributed by atoms with van der Waals surface area (Å²) in [5.74, 6) is 1.18. The van der Waals surface area contributed by atoms with Crippen LogP contribution in [0.1, 0.15) is 0 Å². The summed E-state index contributed by atoms with van der Waals surface area (Å²) in [7, 11) is 1.71. The first-order valence-corrected chi connectivity index (χ1v) is 11.0. The summed E-state index contributed by atoms with van der Waals surface area (Å²) in [4.78, 5) is 20.9. The van der Waals surface area contributed by atoms with Crippen LogP contribution in [-0.2, 0) is 4.79 Å². The van der Waals surface area contributed by atoms with E-state index in [9.17, 15) is 4.79 Å². The monoisotopic (exact) mass is 429 g/mol. The zero-order chi connectivity index (χ0) is 20.9. The molecular formula is C23H30ClN4O2+. The van der Waals surface area contributed by atoms with Gasteiger partial charge in [0.2, 0.25) is 0 Å². The average Bonchev–Trinajstić information content (AvgIpc) is 2.79. The number of rotatable bonds is 5. The van der Waals surface area contributed by atoms with Crippen LogP contribution in [-0.4, -0.2) is 76.8 Å². The van der Waals surface area contributed by atoms with Gasteiger partial charge < -0.3 is 24.3 Å². The predicted molar refractivity (Wildman–Crippen MR) is 121 cm³/mol. The molecule has 0 atom stereocenters. The maximum absolute atomic E-state index is 12.8. The minimum Gasteiger partial charge on any atom is -0.495 e. The number of hydrogen-bond donors (Lipinski definition) is 1. The number of quaternary nitrogens is 1. The van der Waals surface area contributed by atoms with Gasteiger partial charge in [-0.1, -0.05) is 29.8 Å². The van der Waals surface area contributed by atoms with Crippen LogP contribution in [0, 0.1) is 0 Å². The highest BCUT2D eigenvalue weighted by Crippen LogP contribution is 2.27. The summed E-state index contributed by atoms with van der Waals surface area (Å²) < 4.78 is 5.50. The number of methoxy groups -OCH3 is 1. The molecule has 2 saturated heterocycles. The predicted octanol–water partition coefficient (Wildman–Crippen LogP) is 1.40. The Morgan fingerprint density at radius 2 is 1.70 bits per heavy atom. The molecule has 4 rings (SSSR count). The largest absolute Gasteiger partial charge is 0.495 e. The smallest absolute Gasteiger partial charge is 0.277 e. The van der Waals surface area contributed by atoms with Crippen LogP contribution < -0.4 is 19.4 Å². The van der Waals surface area contributed by atoms with Gasteiger partial charge in [0.15, 0.2) is 6.54 Å². The molecule has 160 valence electrons. The van der Waals surface area contributed by atoms with Gasteiger partial charge in [0.1, 0.15) is 5.75 Å². The lowest BCUT2D eigenvalue weighted by Gasteiger charge is -2.38. The molecule has 2 heterocycles. The van der Waals surface area contributed by atoms with Gasteiger partial charge in [0.05, 0.1) is 39.0 Å². The third-order valence-electron chi connectivity index (χ3n) is 6.10. The van der Waals surface area contributed by atoms with Gasteiger partial charge in [-0.25, -0.2) is 0 Å². The number of carbonyl (C=O) groups is 1. The van der Waals surface area contributed by atoms with Crippen LogP contribution in [0.5, 0.6) is 5.75 Å². The molecule has 2 aliphatic heterocycles. The molecule has 2 aromatic rings. The zero-order valence-electron chi connectivity index (χ0n) is 17.5. The van der Waals surface area contributed by atoms with Crippen molar-refractivity contribution in [3.63, 3.8) is 0 Å². The van der Waals surface area contributed by atoms with E-state index in [-0.39, 0.29) is 5.91 Å². The minimum absolute atomic E-state index is 0.265. The Bertz CT molecular complexity index is 862. The van der Waals surface area contributed by atoms with Crippen molar-refractivity contribution < 1.29 is 14.4 Å². The Labute approximate surface area is 183 Å². The van der Waals surface area contributed by atoms with Gasteiger partial charge in [-0.3, -0.25) is 4.79 Å². The number of anilines is 2. The molecule has 0 aromatic heterocycles. The third kappa shape index (κ3) is 4.82. The van der Waals surface area contributed by atoms with Crippen molar-refractivity contribution in [3.05, 3.63) is 53.6 Å². The molecular weight excluding hydrogens is 400 g/mol. The Morgan fingerprint density at radius 3 is 2.40 bits per heavy atom. The highest BCUT2D eigenvalue weighted by atomic mass is 35.5. The van der Waals surface area contributed by atoms with Crippen LogP contribution >= 0.6 is 11.6 Å². The van der Waals surface area contributed by atoms with Crippen molar-refractivity contribution in [1.29, 1.82) is 0 Å². The minimum atomic E-state index is 0.265. The average molecular weight is 430 g/mol. The fourth-order valence-electron chi connectivity index (χ4n) is 4.34. The molecule has 30 heavy (non-hydrogen) atoms. The number of nitrogens with one attached hydrogen (secondary N) is 1. The van der Waals surface area contributed by atoms with E-state index in [1.807, 2.05) is 41.3 Å². The molecule has 0 spiro atoms. The van der Waals surface area contributed by atoms with Crippen LogP contribution in [0.25, 0.3) is 0 Å². The lowest BCUT2D eigenvalue weighted by atomic mass is 10.2. The quantitative estimate of drug-likeness (QED) is 0.780. The van der Waals surface area contributed by atoms with E-state index in [0.717, 1.165) is 74.5 Å². The second-order valence-electron chi connectivity index (χ2n) is 7.93. The summed E-state index contributed by atoms with van der Waals surface area (Å²) >= 11 is 6.11. The second-order valence-corrected chi connectivity index (χ2v) is 8.37. The van der Waals surface area contributed by atoms with Crippen molar-refractivity contribution in [1.82, 2.24) is 4.90 Å². The summed E-state index contributed by atoms with van der Waals surface area (Å²) in [5, 5.41) is 0.752. The number of hydrogen-bond acceptors (Lipinski definition) is 4. The molecule has 2 fully saturated rings.